The maximum Gasteiger partial charge on any atom is 0.224 e. The van der Waals surface area contributed by atoms with Gasteiger partial charge in [0.25, 0.3) is 0 Å². The molecule has 1 aromatic carbocycles. The van der Waals surface area contributed by atoms with Crippen LogP contribution in [-0.2, 0) is 6.42 Å². The minimum absolute atomic E-state index is 0.416. The smallest absolute Gasteiger partial charge is 0.224 e. The molecule has 4 heteroatoms. The summed E-state index contributed by atoms with van der Waals surface area (Å²) in [5, 5.41) is 0. The number of benzene rings is 1. The summed E-state index contributed by atoms with van der Waals surface area (Å²) in [7, 11) is 0. The first-order valence-electron chi connectivity index (χ1n) is 5.55. The molecule has 0 spiro atoms. The topological polar surface area (TPSA) is 61.0 Å². The lowest BCUT2D eigenvalue weighted by atomic mass is 10.2. The van der Waals surface area contributed by atoms with Crippen LogP contribution in [0.1, 0.15) is 18.3 Å². The highest BCUT2D eigenvalue weighted by molar-refractivity contribution is 5.36. The van der Waals surface area contributed by atoms with Crippen LogP contribution in [0.2, 0.25) is 0 Å². The normalized spacial score (nSPS) is 10.2. The van der Waals surface area contributed by atoms with Crippen LogP contribution < -0.4 is 10.5 Å². The Bertz CT molecular complexity index is 506. The van der Waals surface area contributed by atoms with Crippen molar-refractivity contribution >= 4 is 5.82 Å². The molecule has 1 aromatic heterocycles. The Morgan fingerprint density at radius 1 is 1.24 bits per heavy atom. The highest BCUT2D eigenvalue weighted by atomic mass is 16.5. The van der Waals surface area contributed by atoms with Gasteiger partial charge in [0.1, 0.15) is 17.4 Å². The van der Waals surface area contributed by atoms with Gasteiger partial charge in [0.2, 0.25) is 5.88 Å². The SMILES string of the molecule is CCc1cccc(Oc2cc(N)nc(C)n2)c1. The van der Waals surface area contributed by atoms with E-state index >= 15 is 0 Å². The third-order valence-corrected chi connectivity index (χ3v) is 2.36. The van der Waals surface area contributed by atoms with Crippen LogP contribution >= 0.6 is 0 Å². The van der Waals surface area contributed by atoms with Crippen molar-refractivity contribution in [1.29, 1.82) is 0 Å². The van der Waals surface area contributed by atoms with Crippen LogP contribution in [0.15, 0.2) is 30.3 Å². The van der Waals surface area contributed by atoms with Crippen molar-refractivity contribution in [2.45, 2.75) is 20.3 Å². The molecule has 2 N–H and O–H groups in total. The van der Waals surface area contributed by atoms with E-state index in [2.05, 4.69) is 23.0 Å². The van der Waals surface area contributed by atoms with E-state index in [4.69, 9.17) is 10.5 Å². The van der Waals surface area contributed by atoms with Crippen molar-refractivity contribution < 1.29 is 4.74 Å². The number of aryl methyl sites for hydroxylation is 2. The van der Waals surface area contributed by atoms with Gasteiger partial charge in [-0.05, 0) is 31.0 Å². The predicted molar refractivity (Wildman–Crippen MR) is 67.1 cm³/mol. The number of hydrogen-bond acceptors (Lipinski definition) is 4. The van der Waals surface area contributed by atoms with Crippen LogP contribution in [0.3, 0.4) is 0 Å². The van der Waals surface area contributed by atoms with Crippen LogP contribution in [0.4, 0.5) is 5.82 Å². The second-order valence-corrected chi connectivity index (χ2v) is 3.78. The van der Waals surface area contributed by atoms with Gasteiger partial charge in [0, 0.05) is 6.07 Å². The Hall–Kier alpha value is -2.10. The molecule has 1 heterocycles. The molecule has 0 aliphatic rings. The minimum Gasteiger partial charge on any atom is -0.439 e. The zero-order valence-corrected chi connectivity index (χ0v) is 9.97. The third kappa shape index (κ3) is 2.93. The molecule has 0 fully saturated rings. The van der Waals surface area contributed by atoms with E-state index in [-0.39, 0.29) is 0 Å². The molecule has 0 saturated heterocycles. The van der Waals surface area contributed by atoms with Crippen LogP contribution in [0.5, 0.6) is 11.6 Å². The molecule has 0 unspecified atom stereocenters. The van der Waals surface area contributed by atoms with Crippen LogP contribution in [0.25, 0.3) is 0 Å². The van der Waals surface area contributed by atoms with Crippen molar-refractivity contribution in [3.63, 3.8) is 0 Å². The molecular weight excluding hydrogens is 214 g/mol. The van der Waals surface area contributed by atoms with Gasteiger partial charge >= 0.3 is 0 Å². The fourth-order valence-electron chi connectivity index (χ4n) is 1.56. The number of hydrogen-bond donors (Lipinski definition) is 1. The quantitative estimate of drug-likeness (QED) is 0.879. The molecule has 4 nitrogen and oxygen atoms in total. The van der Waals surface area contributed by atoms with Crippen molar-refractivity contribution in [1.82, 2.24) is 9.97 Å². The van der Waals surface area contributed by atoms with Gasteiger partial charge in [-0.1, -0.05) is 19.1 Å². The molecule has 2 rings (SSSR count). The second-order valence-electron chi connectivity index (χ2n) is 3.78. The van der Waals surface area contributed by atoms with Crippen molar-refractivity contribution in [3.05, 3.63) is 41.7 Å². The molecule has 88 valence electrons. The van der Waals surface area contributed by atoms with E-state index in [1.807, 2.05) is 18.2 Å². The van der Waals surface area contributed by atoms with Gasteiger partial charge in [0.05, 0.1) is 0 Å². The van der Waals surface area contributed by atoms with Crippen molar-refractivity contribution in [2.24, 2.45) is 0 Å². The summed E-state index contributed by atoms with van der Waals surface area (Å²) in [6.07, 6.45) is 0.974. The Labute approximate surface area is 100 Å². The lowest BCUT2D eigenvalue weighted by Gasteiger charge is -2.07. The monoisotopic (exact) mass is 229 g/mol. The zero-order chi connectivity index (χ0) is 12.3. The number of nitrogen functional groups attached to an aromatic ring is 1. The second kappa shape index (κ2) is 4.82. The summed E-state index contributed by atoms with van der Waals surface area (Å²) in [5.41, 5.74) is 6.86. The number of rotatable bonds is 3. The number of aromatic nitrogens is 2. The average Bonchev–Trinajstić information content (AvgIpc) is 2.28. The summed E-state index contributed by atoms with van der Waals surface area (Å²) in [6.45, 7) is 3.89. The maximum absolute atomic E-state index is 5.65. The Morgan fingerprint density at radius 3 is 2.76 bits per heavy atom. The first-order chi connectivity index (χ1) is 8.17. The highest BCUT2D eigenvalue weighted by Crippen LogP contribution is 2.21. The Morgan fingerprint density at radius 2 is 2.06 bits per heavy atom. The van der Waals surface area contributed by atoms with E-state index in [0.717, 1.165) is 12.2 Å². The first-order valence-corrected chi connectivity index (χ1v) is 5.55. The first kappa shape index (κ1) is 11.4. The molecular formula is C13H15N3O. The molecule has 17 heavy (non-hydrogen) atoms. The van der Waals surface area contributed by atoms with Gasteiger partial charge in [-0.25, -0.2) is 4.98 Å². The van der Waals surface area contributed by atoms with E-state index in [1.165, 1.54) is 5.56 Å². The molecule has 0 amide bonds. The summed E-state index contributed by atoms with van der Waals surface area (Å²) in [5.74, 6) is 2.26. The summed E-state index contributed by atoms with van der Waals surface area (Å²) < 4.78 is 5.65. The number of anilines is 1. The molecule has 0 bridgehead atoms. The largest absolute Gasteiger partial charge is 0.439 e. The molecule has 0 aliphatic heterocycles. The summed E-state index contributed by atoms with van der Waals surface area (Å²) in [6, 6.07) is 9.53. The van der Waals surface area contributed by atoms with Crippen LogP contribution in [-0.4, -0.2) is 9.97 Å². The predicted octanol–water partition coefficient (Wildman–Crippen LogP) is 2.72. The van der Waals surface area contributed by atoms with Crippen LogP contribution in [0, 0.1) is 6.92 Å². The third-order valence-electron chi connectivity index (χ3n) is 2.36. The van der Waals surface area contributed by atoms with Gasteiger partial charge in [0.15, 0.2) is 0 Å². The lowest BCUT2D eigenvalue weighted by molar-refractivity contribution is 0.460. The Kier molecular flexibility index (Phi) is 3.23. The molecule has 2 aromatic rings. The molecule has 0 radical (unpaired) electrons. The molecule has 0 aliphatic carbocycles. The fourth-order valence-corrected chi connectivity index (χ4v) is 1.56. The number of nitrogens with zero attached hydrogens (tertiary/aromatic N) is 2. The summed E-state index contributed by atoms with van der Waals surface area (Å²) in [4.78, 5) is 8.17. The lowest BCUT2D eigenvalue weighted by Crippen LogP contribution is -1.98. The van der Waals surface area contributed by atoms with Gasteiger partial charge in [-0.15, -0.1) is 0 Å². The Balaban J connectivity index is 2.24. The fraction of sp³-hybridized carbons (Fsp3) is 0.231. The zero-order valence-electron chi connectivity index (χ0n) is 9.97. The average molecular weight is 229 g/mol. The van der Waals surface area contributed by atoms with Gasteiger partial charge in [-0.2, -0.15) is 4.98 Å². The van der Waals surface area contributed by atoms with Crippen molar-refractivity contribution in [2.75, 3.05) is 5.73 Å². The minimum atomic E-state index is 0.416. The standard InChI is InChI=1S/C13H15N3O/c1-3-10-5-4-6-11(7-10)17-13-8-12(14)15-9(2)16-13/h4-8H,3H2,1-2H3,(H2,14,15,16). The molecule has 0 saturated carbocycles. The maximum atomic E-state index is 5.65. The number of ether oxygens (including phenoxy) is 1. The van der Waals surface area contributed by atoms with Gasteiger partial charge < -0.3 is 10.5 Å². The van der Waals surface area contributed by atoms with Crippen molar-refractivity contribution in [3.8, 4) is 11.6 Å². The van der Waals surface area contributed by atoms with E-state index in [9.17, 15) is 0 Å². The highest BCUT2D eigenvalue weighted by Gasteiger charge is 2.02. The van der Waals surface area contributed by atoms with E-state index < -0.39 is 0 Å². The van der Waals surface area contributed by atoms with E-state index in [0.29, 0.717) is 17.5 Å². The van der Waals surface area contributed by atoms with E-state index in [1.54, 1.807) is 13.0 Å². The van der Waals surface area contributed by atoms with Gasteiger partial charge in [-0.3, -0.25) is 0 Å². The molecule has 0 atom stereocenters. The number of nitrogens with two attached hydrogens (primary N) is 1. The summed E-state index contributed by atoms with van der Waals surface area (Å²) >= 11 is 0.